The van der Waals surface area contributed by atoms with Gasteiger partial charge in [0.25, 0.3) is 5.91 Å². The van der Waals surface area contributed by atoms with Crippen molar-refractivity contribution in [2.45, 2.75) is 6.92 Å². The van der Waals surface area contributed by atoms with Crippen LogP contribution >= 0.6 is 0 Å². The van der Waals surface area contributed by atoms with E-state index in [1.165, 1.54) is 6.21 Å². The average Bonchev–Trinajstić information content (AvgIpc) is 2.73. The van der Waals surface area contributed by atoms with Gasteiger partial charge < -0.3 is 14.6 Å². The zero-order valence-electron chi connectivity index (χ0n) is 15.8. The third-order valence-corrected chi connectivity index (χ3v) is 4.03. The minimum absolute atomic E-state index is 0.112. The van der Waals surface area contributed by atoms with E-state index < -0.39 is 11.9 Å². The van der Waals surface area contributed by atoms with Gasteiger partial charge in [-0.15, -0.1) is 0 Å². The van der Waals surface area contributed by atoms with Crippen LogP contribution in [0.3, 0.4) is 0 Å². The number of fused-ring (bicyclic) bond motifs is 1. The number of amides is 1. The van der Waals surface area contributed by atoms with Gasteiger partial charge in [-0.1, -0.05) is 24.3 Å². The van der Waals surface area contributed by atoms with Crippen LogP contribution in [0.15, 0.2) is 65.8 Å². The van der Waals surface area contributed by atoms with Crippen molar-refractivity contribution in [3.05, 3.63) is 71.8 Å². The van der Waals surface area contributed by atoms with Crippen LogP contribution in [0.2, 0.25) is 0 Å². The van der Waals surface area contributed by atoms with Gasteiger partial charge in [0.1, 0.15) is 11.5 Å². The summed E-state index contributed by atoms with van der Waals surface area (Å²) in [6.07, 6.45) is 1.46. The summed E-state index contributed by atoms with van der Waals surface area (Å²) in [7, 11) is 0. The number of nitrogens with one attached hydrogen (secondary N) is 1. The zero-order valence-corrected chi connectivity index (χ0v) is 15.8. The number of hydrogen-bond acceptors (Lipinski definition) is 6. The predicted octanol–water partition coefficient (Wildman–Crippen LogP) is 3.25. The minimum Gasteiger partial charge on any atom is -0.507 e. The largest absolute Gasteiger partial charge is 0.507 e. The molecule has 0 bridgehead atoms. The second-order valence-corrected chi connectivity index (χ2v) is 6.08. The van der Waals surface area contributed by atoms with Crippen LogP contribution in [0.4, 0.5) is 0 Å². The molecule has 0 radical (unpaired) electrons. The highest BCUT2D eigenvalue weighted by atomic mass is 16.6. The second-order valence-electron chi connectivity index (χ2n) is 6.08. The Morgan fingerprint density at radius 3 is 2.45 bits per heavy atom. The molecule has 0 heterocycles. The number of hydrazone groups is 1. The van der Waals surface area contributed by atoms with Crippen LogP contribution < -0.4 is 10.2 Å². The van der Waals surface area contributed by atoms with E-state index in [1.807, 2.05) is 24.3 Å². The molecular weight excluding hydrogens is 372 g/mol. The van der Waals surface area contributed by atoms with Gasteiger partial charge in [0.05, 0.1) is 18.4 Å². The fourth-order valence-electron chi connectivity index (χ4n) is 2.63. The molecular formula is C22H20N2O5. The number of carbonyl (C=O) groups excluding carboxylic acids is 2. The van der Waals surface area contributed by atoms with Gasteiger partial charge in [-0.05, 0) is 59.7 Å². The van der Waals surface area contributed by atoms with Crippen LogP contribution in [0.25, 0.3) is 10.8 Å². The van der Waals surface area contributed by atoms with Gasteiger partial charge >= 0.3 is 5.97 Å². The lowest BCUT2D eigenvalue weighted by Crippen LogP contribution is -2.17. The third-order valence-electron chi connectivity index (χ3n) is 4.03. The van der Waals surface area contributed by atoms with E-state index in [4.69, 9.17) is 9.47 Å². The van der Waals surface area contributed by atoms with Crippen molar-refractivity contribution < 1.29 is 24.2 Å². The average molecular weight is 392 g/mol. The van der Waals surface area contributed by atoms with E-state index in [1.54, 1.807) is 43.3 Å². The molecule has 3 rings (SSSR count). The monoisotopic (exact) mass is 392 g/mol. The number of carbonyl (C=O) groups is 2. The highest BCUT2D eigenvalue weighted by Gasteiger charge is 2.11. The van der Waals surface area contributed by atoms with Crippen LogP contribution in [0, 0.1) is 0 Å². The van der Waals surface area contributed by atoms with Crippen molar-refractivity contribution in [2.75, 3.05) is 13.2 Å². The highest BCUT2D eigenvalue weighted by molar-refractivity contribution is 6.01. The molecule has 7 nitrogen and oxygen atoms in total. The topological polar surface area (TPSA) is 97.2 Å². The number of ether oxygens (including phenoxy) is 2. The maximum absolute atomic E-state index is 12.3. The molecule has 0 aliphatic rings. The van der Waals surface area contributed by atoms with Crippen LogP contribution in [0.1, 0.15) is 22.8 Å². The lowest BCUT2D eigenvalue weighted by atomic mass is 10.1. The fourth-order valence-corrected chi connectivity index (χ4v) is 2.63. The summed E-state index contributed by atoms with van der Waals surface area (Å²) in [5.41, 5.74) is 3.26. The summed E-state index contributed by atoms with van der Waals surface area (Å²) in [6.45, 7) is 1.87. The summed E-state index contributed by atoms with van der Waals surface area (Å²) < 4.78 is 10.1. The quantitative estimate of drug-likeness (QED) is 0.365. The molecule has 0 spiro atoms. The number of aromatic hydroxyl groups is 1. The first-order chi connectivity index (χ1) is 14.1. The Morgan fingerprint density at radius 1 is 1.07 bits per heavy atom. The molecule has 0 aliphatic heterocycles. The molecule has 2 N–H and O–H groups in total. The summed E-state index contributed by atoms with van der Waals surface area (Å²) in [6, 6.07) is 17.4. The second kappa shape index (κ2) is 9.36. The number of esters is 1. The standard InChI is InChI=1S/C22H20N2O5/c1-2-28-21(26)14-29-18-9-7-15(8-10-18)13-23-24-22(27)19-11-16-5-3-4-6-17(16)12-20(19)25/h3-13,25H,2,14H2,1H3,(H,24,27). The maximum Gasteiger partial charge on any atom is 0.344 e. The molecule has 7 heteroatoms. The normalized spacial score (nSPS) is 10.8. The molecule has 0 aliphatic carbocycles. The Hall–Kier alpha value is -3.87. The SMILES string of the molecule is CCOC(=O)COc1ccc(C=NNC(=O)c2cc3ccccc3cc2O)cc1. The molecule has 3 aromatic carbocycles. The maximum atomic E-state index is 12.3. The molecule has 0 aromatic heterocycles. The molecule has 0 saturated heterocycles. The first-order valence-electron chi connectivity index (χ1n) is 9.00. The number of benzene rings is 3. The zero-order chi connectivity index (χ0) is 20.6. The van der Waals surface area contributed by atoms with E-state index in [0.717, 1.165) is 16.3 Å². The summed E-state index contributed by atoms with van der Waals surface area (Å²) in [5, 5.41) is 15.7. The van der Waals surface area contributed by atoms with Crippen LogP contribution in [0.5, 0.6) is 11.5 Å². The van der Waals surface area contributed by atoms with Gasteiger partial charge in [0.15, 0.2) is 6.61 Å². The number of hydrogen-bond donors (Lipinski definition) is 2. The molecule has 0 fully saturated rings. The van der Waals surface area contributed by atoms with E-state index in [2.05, 4.69) is 10.5 Å². The van der Waals surface area contributed by atoms with Crippen LogP contribution in [-0.2, 0) is 9.53 Å². The Balaban J connectivity index is 1.59. The van der Waals surface area contributed by atoms with Gasteiger partial charge in [-0.2, -0.15) is 5.10 Å². The predicted molar refractivity (Wildman–Crippen MR) is 109 cm³/mol. The summed E-state index contributed by atoms with van der Waals surface area (Å²) >= 11 is 0. The Labute approximate surface area is 167 Å². The van der Waals surface area contributed by atoms with Gasteiger partial charge in [0, 0.05) is 0 Å². The van der Waals surface area contributed by atoms with Gasteiger partial charge in [-0.25, -0.2) is 10.2 Å². The fraction of sp³-hybridized carbons (Fsp3) is 0.136. The van der Waals surface area contributed by atoms with E-state index in [-0.39, 0.29) is 17.9 Å². The van der Waals surface area contributed by atoms with Crippen molar-refractivity contribution in [2.24, 2.45) is 5.10 Å². The number of rotatable bonds is 7. The molecule has 3 aromatic rings. The number of nitrogens with zero attached hydrogens (tertiary/aromatic N) is 1. The van der Waals surface area contributed by atoms with Gasteiger partial charge in [0.2, 0.25) is 0 Å². The number of phenols is 1. The lowest BCUT2D eigenvalue weighted by molar-refractivity contribution is -0.145. The van der Waals surface area contributed by atoms with E-state index in [0.29, 0.717) is 12.4 Å². The van der Waals surface area contributed by atoms with Crippen molar-refractivity contribution in [1.82, 2.24) is 5.43 Å². The summed E-state index contributed by atoms with van der Waals surface area (Å²) in [4.78, 5) is 23.6. The smallest absolute Gasteiger partial charge is 0.344 e. The number of phenolic OH excluding ortho intramolecular Hbond substituents is 1. The van der Waals surface area contributed by atoms with Crippen molar-refractivity contribution >= 4 is 28.9 Å². The Bertz CT molecular complexity index is 1040. The Morgan fingerprint density at radius 2 is 1.76 bits per heavy atom. The minimum atomic E-state index is -0.515. The molecule has 0 unspecified atom stereocenters. The highest BCUT2D eigenvalue weighted by Crippen LogP contribution is 2.24. The first-order valence-corrected chi connectivity index (χ1v) is 9.00. The van der Waals surface area contributed by atoms with Crippen molar-refractivity contribution in [1.29, 1.82) is 0 Å². The lowest BCUT2D eigenvalue weighted by Gasteiger charge is -2.06. The molecule has 29 heavy (non-hydrogen) atoms. The van der Waals surface area contributed by atoms with E-state index >= 15 is 0 Å². The third kappa shape index (κ3) is 5.32. The van der Waals surface area contributed by atoms with Gasteiger partial charge in [-0.3, -0.25) is 4.79 Å². The molecule has 148 valence electrons. The summed E-state index contributed by atoms with van der Waals surface area (Å²) in [5.74, 6) is -0.545. The first kappa shape index (κ1) is 19.9. The Kier molecular flexibility index (Phi) is 6.42. The van der Waals surface area contributed by atoms with Crippen molar-refractivity contribution in [3.8, 4) is 11.5 Å². The molecule has 1 amide bonds. The molecule has 0 saturated carbocycles. The van der Waals surface area contributed by atoms with E-state index in [9.17, 15) is 14.7 Å². The molecule has 0 atom stereocenters. The van der Waals surface area contributed by atoms with Crippen molar-refractivity contribution in [3.63, 3.8) is 0 Å². The van der Waals surface area contributed by atoms with Crippen LogP contribution in [-0.4, -0.2) is 36.4 Å².